The zero-order chi connectivity index (χ0) is 10.3. The summed E-state index contributed by atoms with van der Waals surface area (Å²) in [4.78, 5) is 26.2. The zero-order valence-corrected chi connectivity index (χ0v) is 10.5. The second-order valence-electron chi connectivity index (χ2n) is 2.70. The molecule has 0 aliphatic heterocycles. The van der Waals surface area contributed by atoms with Crippen molar-refractivity contribution in [3.8, 4) is 0 Å². The molecule has 0 saturated carbocycles. The average molecular weight is 232 g/mol. The van der Waals surface area contributed by atoms with Gasteiger partial charge in [0.2, 0.25) is 11.6 Å². The minimum absolute atomic E-state index is 0. The maximum absolute atomic E-state index is 11.4. The van der Waals surface area contributed by atoms with E-state index in [0.717, 1.165) is 0 Å². The monoisotopic (exact) mass is 231 g/mol. The van der Waals surface area contributed by atoms with Gasteiger partial charge in [0.15, 0.2) is 0 Å². The average Bonchev–Trinajstić information content (AvgIpc) is 2.23. The number of pyridine rings is 1. The van der Waals surface area contributed by atoms with Crippen molar-refractivity contribution >= 4 is 28.9 Å². The van der Waals surface area contributed by atoms with E-state index in [0.29, 0.717) is 0 Å². The minimum Gasteiger partial charge on any atom is -0.870 e. The number of carbonyl (C=O) groups excluding carboxylic acids is 2. The fourth-order valence-electron chi connectivity index (χ4n) is 1.20. The van der Waals surface area contributed by atoms with Crippen LogP contribution in [-0.2, 0) is 4.79 Å². The number of nitrogens with zero attached hydrogens (tertiary/aromatic N) is 1. The predicted octanol–water partition coefficient (Wildman–Crippen LogP) is -2.88. The summed E-state index contributed by atoms with van der Waals surface area (Å²) < 4.78 is 0. The van der Waals surface area contributed by atoms with Gasteiger partial charge in [-0.25, -0.2) is 0 Å². The Morgan fingerprint density at radius 3 is 2.60 bits per heavy atom. The molecule has 0 amide bonds. The van der Waals surface area contributed by atoms with Gasteiger partial charge in [0.05, 0.1) is 16.3 Å². The normalized spacial score (nSPS) is 14.7. The number of hydrogen-bond donors (Lipinski definition) is 0. The number of fused-ring (bicyclic) bond motifs is 1. The summed E-state index contributed by atoms with van der Waals surface area (Å²) in [6.07, 6.45) is 1.37. The van der Waals surface area contributed by atoms with Crippen LogP contribution in [0.15, 0.2) is 23.4 Å². The molecule has 1 aliphatic rings. The number of Topliss-reactive ketones (excluding diaryl/α,β-unsaturated/α-hetero) is 2. The Hall–Kier alpha value is -0.680. The number of rotatable bonds is 0. The van der Waals surface area contributed by atoms with Gasteiger partial charge in [-0.15, -0.1) is 0 Å². The van der Waals surface area contributed by atoms with E-state index in [1.807, 2.05) is 0 Å². The molecule has 0 radical (unpaired) electrons. The fraction of sp³-hybridized carbons (Fsp3) is 0. The van der Waals surface area contributed by atoms with Gasteiger partial charge in [-0.05, 0) is 12.1 Å². The summed E-state index contributed by atoms with van der Waals surface area (Å²) in [5.41, 5.74) is -0.0333. The first-order valence-corrected chi connectivity index (χ1v) is 4.12. The second kappa shape index (κ2) is 4.45. The Kier molecular flexibility index (Phi) is 3.67. The van der Waals surface area contributed by atoms with Crippen molar-refractivity contribution in [1.82, 2.24) is 4.98 Å². The molecule has 0 fully saturated rings. The molecule has 2 rings (SSSR count). The molecule has 70 valence electrons. The summed E-state index contributed by atoms with van der Waals surface area (Å²) in [6, 6.07) is 2.86. The third-order valence-corrected chi connectivity index (χ3v) is 2.22. The van der Waals surface area contributed by atoms with Crippen LogP contribution in [0.2, 0.25) is 0 Å². The van der Waals surface area contributed by atoms with Gasteiger partial charge in [-0.2, -0.15) is 0 Å². The zero-order valence-electron chi connectivity index (χ0n) is 7.78. The van der Waals surface area contributed by atoms with Crippen molar-refractivity contribution in [3.05, 3.63) is 34.6 Å². The maximum Gasteiger partial charge on any atom is 1.00 e. The molecule has 0 bridgehead atoms. The Bertz CT molecular complexity index is 484. The quantitative estimate of drug-likeness (QED) is 0.355. The van der Waals surface area contributed by atoms with Crippen LogP contribution in [0.4, 0.5) is 0 Å². The van der Waals surface area contributed by atoms with Crippen LogP contribution < -0.4 is 34.7 Å². The molecule has 1 aromatic heterocycles. The maximum atomic E-state index is 11.4. The molecule has 0 aromatic carbocycles. The Labute approximate surface area is 112 Å². The molecular weight excluding hydrogens is 229 g/mol. The van der Waals surface area contributed by atoms with Crippen LogP contribution >= 0.6 is 11.6 Å². The van der Waals surface area contributed by atoms with Crippen molar-refractivity contribution in [2.24, 2.45) is 0 Å². The van der Waals surface area contributed by atoms with E-state index in [1.54, 1.807) is 0 Å². The van der Waals surface area contributed by atoms with E-state index in [4.69, 9.17) is 11.6 Å². The SMILES string of the molecule is O=C1C(=O)c2cccnc2C([O-])=C1Cl.[Na+]. The van der Waals surface area contributed by atoms with Crippen LogP contribution in [0.1, 0.15) is 16.1 Å². The van der Waals surface area contributed by atoms with Gasteiger partial charge in [0.1, 0.15) is 0 Å². The van der Waals surface area contributed by atoms with E-state index >= 15 is 0 Å². The molecular formula is C9H3ClNNaO3. The molecule has 1 aromatic rings. The number of aromatic nitrogens is 1. The molecule has 1 heterocycles. The number of carbonyl (C=O) groups is 2. The molecule has 0 atom stereocenters. The van der Waals surface area contributed by atoms with Crippen molar-refractivity contribution in [2.75, 3.05) is 0 Å². The summed E-state index contributed by atoms with van der Waals surface area (Å²) >= 11 is 5.40. The van der Waals surface area contributed by atoms with E-state index in [1.165, 1.54) is 18.3 Å². The number of allylic oxidation sites excluding steroid dienone is 1. The largest absolute Gasteiger partial charge is 1.00 e. The van der Waals surface area contributed by atoms with Gasteiger partial charge in [-0.3, -0.25) is 14.6 Å². The summed E-state index contributed by atoms with van der Waals surface area (Å²) in [6.45, 7) is 0. The number of hydrogen-bond acceptors (Lipinski definition) is 4. The third-order valence-electron chi connectivity index (χ3n) is 1.87. The van der Waals surface area contributed by atoms with Crippen molar-refractivity contribution in [2.45, 2.75) is 0 Å². The summed E-state index contributed by atoms with van der Waals surface area (Å²) in [5.74, 6) is -2.43. The van der Waals surface area contributed by atoms with Crippen molar-refractivity contribution in [3.63, 3.8) is 0 Å². The molecule has 0 saturated heterocycles. The first kappa shape index (κ1) is 12.4. The van der Waals surface area contributed by atoms with Crippen LogP contribution in [0.5, 0.6) is 0 Å². The first-order valence-electron chi connectivity index (χ1n) is 3.74. The van der Waals surface area contributed by atoms with Gasteiger partial charge in [0.25, 0.3) is 0 Å². The molecule has 4 nitrogen and oxygen atoms in total. The Morgan fingerprint density at radius 2 is 1.93 bits per heavy atom. The van der Waals surface area contributed by atoms with Gasteiger partial charge in [-0.1, -0.05) is 17.4 Å². The first-order chi connectivity index (χ1) is 6.63. The van der Waals surface area contributed by atoms with Crippen LogP contribution in [-0.4, -0.2) is 16.6 Å². The second-order valence-corrected chi connectivity index (χ2v) is 3.08. The number of halogens is 1. The number of ketones is 2. The van der Waals surface area contributed by atoms with Gasteiger partial charge in [0, 0.05) is 6.20 Å². The van der Waals surface area contributed by atoms with E-state index in [-0.39, 0.29) is 40.8 Å². The van der Waals surface area contributed by atoms with Crippen molar-refractivity contribution < 1.29 is 44.3 Å². The Morgan fingerprint density at radius 1 is 1.27 bits per heavy atom. The van der Waals surface area contributed by atoms with E-state index < -0.39 is 22.4 Å². The fourth-order valence-corrected chi connectivity index (χ4v) is 1.37. The van der Waals surface area contributed by atoms with Crippen LogP contribution in [0.25, 0.3) is 5.76 Å². The predicted molar refractivity (Wildman–Crippen MR) is 46.3 cm³/mol. The minimum atomic E-state index is -0.961. The molecule has 6 heteroatoms. The Balaban J connectivity index is 0.00000112. The smallest absolute Gasteiger partial charge is 0.870 e. The molecule has 0 unspecified atom stereocenters. The molecule has 0 N–H and O–H groups in total. The molecule has 1 aliphatic carbocycles. The topological polar surface area (TPSA) is 70.1 Å². The molecule has 15 heavy (non-hydrogen) atoms. The van der Waals surface area contributed by atoms with E-state index in [2.05, 4.69) is 4.98 Å². The van der Waals surface area contributed by atoms with Crippen molar-refractivity contribution in [1.29, 1.82) is 0 Å². The third kappa shape index (κ3) is 1.86. The summed E-state index contributed by atoms with van der Waals surface area (Å²) in [7, 11) is 0. The van der Waals surface area contributed by atoms with Gasteiger partial charge >= 0.3 is 29.6 Å². The van der Waals surface area contributed by atoms with Crippen LogP contribution in [0.3, 0.4) is 0 Å². The van der Waals surface area contributed by atoms with Crippen LogP contribution in [0, 0.1) is 0 Å². The van der Waals surface area contributed by atoms with E-state index in [9.17, 15) is 14.7 Å². The standard InChI is InChI=1S/C9H4ClNO3.Na/c10-5-8(13)6-4(2-1-3-11-6)7(12)9(5)14;/h1-3,13H;/q;+1/p-1. The van der Waals surface area contributed by atoms with Gasteiger partial charge < -0.3 is 5.11 Å². The summed E-state index contributed by atoms with van der Waals surface area (Å²) in [5, 5.41) is 10.8. The molecule has 0 spiro atoms.